The molecule has 1 saturated carbocycles. The van der Waals surface area contributed by atoms with Crippen molar-refractivity contribution in [3.05, 3.63) is 28.8 Å². The van der Waals surface area contributed by atoms with Gasteiger partial charge in [0.1, 0.15) is 5.75 Å². The molecule has 2 nitrogen and oxygen atoms in total. The highest BCUT2D eigenvalue weighted by Gasteiger charge is 2.23. The highest BCUT2D eigenvalue weighted by Crippen LogP contribution is 2.30. The number of hydrogen-bond donors (Lipinski definition) is 1. The van der Waals surface area contributed by atoms with Crippen molar-refractivity contribution in [2.24, 2.45) is 5.92 Å². The van der Waals surface area contributed by atoms with E-state index in [9.17, 15) is 9.90 Å². The number of aromatic hydroxyl groups is 1. The van der Waals surface area contributed by atoms with E-state index in [2.05, 4.69) is 0 Å². The summed E-state index contributed by atoms with van der Waals surface area (Å²) >= 11 is 5.76. The van der Waals surface area contributed by atoms with E-state index < -0.39 is 0 Å². The lowest BCUT2D eigenvalue weighted by Gasteiger charge is -2.08. The van der Waals surface area contributed by atoms with Crippen LogP contribution in [-0.4, -0.2) is 10.9 Å². The van der Waals surface area contributed by atoms with Crippen LogP contribution in [0.5, 0.6) is 5.75 Å². The van der Waals surface area contributed by atoms with Crippen LogP contribution < -0.4 is 0 Å². The zero-order chi connectivity index (χ0) is 10.8. The summed E-state index contributed by atoms with van der Waals surface area (Å²) in [4.78, 5) is 12.0. The van der Waals surface area contributed by atoms with Gasteiger partial charge in [0.25, 0.3) is 0 Å². The minimum Gasteiger partial charge on any atom is -0.506 e. The fourth-order valence-electron chi connectivity index (χ4n) is 2.08. The Labute approximate surface area is 93.9 Å². The summed E-state index contributed by atoms with van der Waals surface area (Å²) < 4.78 is 0. The second-order valence-electron chi connectivity index (χ2n) is 4.01. The van der Waals surface area contributed by atoms with E-state index in [4.69, 9.17) is 11.6 Å². The minimum atomic E-state index is 0.0274. The summed E-state index contributed by atoms with van der Waals surface area (Å²) in [6, 6.07) is 4.67. The van der Waals surface area contributed by atoms with E-state index in [0.717, 1.165) is 25.7 Å². The van der Waals surface area contributed by atoms with E-state index in [1.807, 2.05) is 0 Å². The number of carbonyl (C=O) groups excluding carboxylic acids is 1. The molecular formula is C12H13ClO2. The molecule has 1 aliphatic carbocycles. The molecule has 0 radical (unpaired) electrons. The van der Waals surface area contributed by atoms with Crippen molar-refractivity contribution in [1.82, 2.24) is 0 Å². The maximum atomic E-state index is 12.0. The molecule has 1 fully saturated rings. The molecule has 0 amide bonds. The quantitative estimate of drug-likeness (QED) is 0.782. The molecule has 80 valence electrons. The number of rotatable bonds is 2. The summed E-state index contributed by atoms with van der Waals surface area (Å²) in [6.45, 7) is 0. The summed E-state index contributed by atoms with van der Waals surface area (Å²) in [5, 5.41) is 9.50. The van der Waals surface area contributed by atoms with Gasteiger partial charge in [-0.2, -0.15) is 0 Å². The molecule has 0 heterocycles. The molecule has 0 aromatic heterocycles. The van der Waals surface area contributed by atoms with Gasteiger partial charge in [0.2, 0.25) is 0 Å². The third-order valence-corrected chi connectivity index (χ3v) is 3.26. The smallest absolute Gasteiger partial charge is 0.165 e. The van der Waals surface area contributed by atoms with Crippen LogP contribution in [0, 0.1) is 5.92 Å². The normalized spacial score (nSPS) is 16.9. The predicted octanol–water partition coefficient (Wildman–Crippen LogP) is 3.42. The predicted molar refractivity (Wildman–Crippen MR) is 59.4 cm³/mol. The Morgan fingerprint density at radius 1 is 1.33 bits per heavy atom. The van der Waals surface area contributed by atoms with Crippen LogP contribution in [0.2, 0.25) is 5.02 Å². The number of halogens is 1. The highest BCUT2D eigenvalue weighted by atomic mass is 35.5. The van der Waals surface area contributed by atoms with Crippen molar-refractivity contribution < 1.29 is 9.90 Å². The molecular weight excluding hydrogens is 212 g/mol. The second-order valence-corrected chi connectivity index (χ2v) is 4.42. The highest BCUT2D eigenvalue weighted by molar-refractivity contribution is 6.32. The van der Waals surface area contributed by atoms with Crippen LogP contribution in [0.3, 0.4) is 0 Å². The number of carbonyl (C=O) groups is 1. The van der Waals surface area contributed by atoms with E-state index in [1.54, 1.807) is 12.1 Å². The van der Waals surface area contributed by atoms with Gasteiger partial charge in [0.05, 0.1) is 5.02 Å². The zero-order valence-corrected chi connectivity index (χ0v) is 9.13. The Morgan fingerprint density at radius 2 is 2.00 bits per heavy atom. The van der Waals surface area contributed by atoms with Gasteiger partial charge in [-0.3, -0.25) is 4.79 Å². The molecule has 1 aliphatic rings. The third kappa shape index (κ3) is 2.15. The standard InChI is InChI=1S/C12H13ClO2/c13-10-7-9(5-6-11(10)14)12(15)8-3-1-2-4-8/h5-8,14H,1-4H2. The molecule has 2 rings (SSSR count). The average molecular weight is 225 g/mol. The molecule has 3 heteroatoms. The monoisotopic (exact) mass is 224 g/mol. The summed E-state index contributed by atoms with van der Waals surface area (Å²) in [5.41, 5.74) is 0.615. The lowest BCUT2D eigenvalue weighted by molar-refractivity contribution is 0.0923. The van der Waals surface area contributed by atoms with Crippen molar-refractivity contribution in [3.8, 4) is 5.75 Å². The maximum Gasteiger partial charge on any atom is 0.165 e. The molecule has 1 aromatic carbocycles. The van der Waals surface area contributed by atoms with Gasteiger partial charge >= 0.3 is 0 Å². The molecule has 0 atom stereocenters. The Morgan fingerprint density at radius 3 is 2.60 bits per heavy atom. The van der Waals surface area contributed by atoms with Gasteiger partial charge in [-0.1, -0.05) is 24.4 Å². The first kappa shape index (κ1) is 10.5. The minimum absolute atomic E-state index is 0.0274. The summed E-state index contributed by atoms with van der Waals surface area (Å²) in [6.07, 6.45) is 4.25. The topological polar surface area (TPSA) is 37.3 Å². The average Bonchev–Trinajstić information content (AvgIpc) is 2.74. The molecule has 0 unspecified atom stereocenters. The van der Waals surface area contributed by atoms with Crippen LogP contribution in [0.4, 0.5) is 0 Å². The van der Waals surface area contributed by atoms with Crippen LogP contribution in [0.25, 0.3) is 0 Å². The first-order chi connectivity index (χ1) is 7.18. The first-order valence-corrected chi connectivity index (χ1v) is 5.59. The third-order valence-electron chi connectivity index (χ3n) is 2.96. The molecule has 1 aromatic rings. The SMILES string of the molecule is O=C(c1ccc(O)c(Cl)c1)C1CCCC1. The molecule has 0 spiro atoms. The van der Waals surface area contributed by atoms with Gasteiger partial charge in [-0.05, 0) is 31.0 Å². The van der Waals surface area contributed by atoms with Crippen LogP contribution in [0.1, 0.15) is 36.0 Å². The first-order valence-electron chi connectivity index (χ1n) is 5.21. The maximum absolute atomic E-state index is 12.0. The van der Waals surface area contributed by atoms with Crippen molar-refractivity contribution in [3.63, 3.8) is 0 Å². The largest absolute Gasteiger partial charge is 0.506 e. The number of Topliss-reactive ketones (excluding diaryl/α,β-unsaturated/α-hetero) is 1. The fourth-order valence-corrected chi connectivity index (χ4v) is 2.26. The number of phenols is 1. The Kier molecular flexibility index (Phi) is 2.96. The lowest BCUT2D eigenvalue weighted by Crippen LogP contribution is -2.10. The molecule has 0 saturated heterocycles. The number of ketones is 1. The van der Waals surface area contributed by atoms with Gasteiger partial charge < -0.3 is 5.11 Å². The number of benzene rings is 1. The van der Waals surface area contributed by atoms with Crippen LogP contribution in [0.15, 0.2) is 18.2 Å². The molecule has 0 bridgehead atoms. The van der Waals surface area contributed by atoms with Crippen molar-refractivity contribution >= 4 is 17.4 Å². The lowest BCUT2D eigenvalue weighted by atomic mass is 9.96. The fraction of sp³-hybridized carbons (Fsp3) is 0.417. The second kappa shape index (κ2) is 4.23. The Bertz CT molecular complexity index is 381. The summed E-state index contributed by atoms with van der Waals surface area (Å²) in [5.74, 6) is 0.347. The number of phenolic OH excluding ortho intramolecular Hbond substituents is 1. The summed E-state index contributed by atoms with van der Waals surface area (Å²) in [7, 11) is 0. The van der Waals surface area contributed by atoms with Gasteiger partial charge in [0.15, 0.2) is 5.78 Å². The van der Waals surface area contributed by atoms with E-state index in [1.165, 1.54) is 6.07 Å². The van der Waals surface area contributed by atoms with Crippen molar-refractivity contribution in [2.45, 2.75) is 25.7 Å². The number of hydrogen-bond acceptors (Lipinski definition) is 2. The molecule has 15 heavy (non-hydrogen) atoms. The van der Waals surface area contributed by atoms with Gasteiger partial charge in [-0.15, -0.1) is 0 Å². The van der Waals surface area contributed by atoms with E-state index >= 15 is 0 Å². The van der Waals surface area contributed by atoms with Crippen molar-refractivity contribution in [1.29, 1.82) is 0 Å². The molecule has 0 aliphatic heterocycles. The van der Waals surface area contributed by atoms with Gasteiger partial charge in [-0.25, -0.2) is 0 Å². The van der Waals surface area contributed by atoms with Crippen molar-refractivity contribution in [2.75, 3.05) is 0 Å². The zero-order valence-electron chi connectivity index (χ0n) is 8.37. The Hall–Kier alpha value is -1.02. The van der Waals surface area contributed by atoms with Crippen LogP contribution in [-0.2, 0) is 0 Å². The van der Waals surface area contributed by atoms with Gasteiger partial charge in [0, 0.05) is 11.5 Å². The Balaban J connectivity index is 2.21. The molecule has 1 N–H and O–H groups in total. The van der Waals surface area contributed by atoms with E-state index in [0.29, 0.717) is 5.56 Å². The van der Waals surface area contributed by atoms with E-state index in [-0.39, 0.29) is 22.5 Å². The van der Waals surface area contributed by atoms with Crippen LogP contribution >= 0.6 is 11.6 Å².